The molecule has 1 aromatic carbocycles. The molecule has 1 aliphatic rings. The fourth-order valence-electron chi connectivity index (χ4n) is 2.50. The molecule has 2 N–H and O–H groups in total. The molecule has 0 saturated carbocycles. The first-order valence-corrected chi connectivity index (χ1v) is 7.01. The molecule has 0 radical (unpaired) electrons. The molecule has 2 rings (SSSR count). The van der Waals surface area contributed by atoms with E-state index in [0.717, 1.165) is 32.7 Å². The second-order valence-corrected chi connectivity index (χ2v) is 5.28. The van der Waals surface area contributed by atoms with Crippen LogP contribution in [0.25, 0.3) is 0 Å². The molecule has 0 aliphatic carbocycles. The summed E-state index contributed by atoms with van der Waals surface area (Å²) in [6.07, 6.45) is 0. The van der Waals surface area contributed by atoms with Crippen molar-refractivity contribution in [3.63, 3.8) is 0 Å². The topological polar surface area (TPSA) is 64.0 Å². The molecule has 0 unspecified atom stereocenters. The van der Waals surface area contributed by atoms with Crippen molar-refractivity contribution < 1.29 is 15.0 Å². The summed E-state index contributed by atoms with van der Waals surface area (Å²) in [7, 11) is 0. The molecule has 1 fully saturated rings. The number of carboxylic acid groups (broad SMARTS) is 1. The lowest BCUT2D eigenvalue weighted by atomic mass is 10.1. The summed E-state index contributed by atoms with van der Waals surface area (Å²) in [6.45, 7) is 4.67. The first-order chi connectivity index (χ1) is 9.69. The van der Waals surface area contributed by atoms with Gasteiger partial charge in [0.1, 0.15) is 0 Å². The van der Waals surface area contributed by atoms with Gasteiger partial charge in [0.05, 0.1) is 12.5 Å². The first kappa shape index (κ1) is 15.0. The maximum Gasteiger partial charge on any atom is 0.310 e. The Bertz CT molecular complexity index is 416. The van der Waals surface area contributed by atoms with Gasteiger partial charge in [-0.2, -0.15) is 0 Å². The monoisotopic (exact) mass is 278 g/mol. The van der Waals surface area contributed by atoms with Crippen LogP contribution in [0.3, 0.4) is 0 Å². The van der Waals surface area contributed by atoms with E-state index < -0.39 is 11.9 Å². The number of nitrogens with zero attached hydrogens (tertiary/aromatic N) is 2. The molecule has 5 nitrogen and oxygen atoms in total. The standard InChI is InChI=1S/C15H22N2O3/c18-12-14(15(19)20)11-17-8-6-16(7-9-17)10-13-4-2-1-3-5-13/h1-5,14,18H,6-12H2,(H,19,20)/t14-/m1/s1. The van der Waals surface area contributed by atoms with Gasteiger partial charge in [0.25, 0.3) is 0 Å². The summed E-state index contributed by atoms with van der Waals surface area (Å²) in [5.74, 6) is -1.59. The number of aliphatic hydroxyl groups excluding tert-OH is 1. The summed E-state index contributed by atoms with van der Waals surface area (Å²) >= 11 is 0. The quantitative estimate of drug-likeness (QED) is 0.793. The van der Waals surface area contributed by atoms with E-state index in [-0.39, 0.29) is 6.61 Å². The first-order valence-electron chi connectivity index (χ1n) is 7.01. The van der Waals surface area contributed by atoms with Crippen LogP contribution in [0.1, 0.15) is 5.56 Å². The van der Waals surface area contributed by atoms with E-state index in [9.17, 15) is 4.79 Å². The third kappa shape index (κ3) is 4.30. The van der Waals surface area contributed by atoms with Crippen LogP contribution in [0.2, 0.25) is 0 Å². The van der Waals surface area contributed by atoms with Crippen LogP contribution in [0, 0.1) is 5.92 Å². The minimum absolute atomic E-state index is 0.292. The predicted octanol–water partition coefficient (Wildman–Crippen LogP) is 0.497. The molecule has 1 aliphatic heterocycles. The van der Waals surface area contributed by atoms with Gasteiger partial charge in [-0.1, -0.05) is 30.3 Å². The van der Waals surface area contributed by atoms with Crippen molar-refractivity contribution in [1.29, 1.82) is 0 Å². The molecule has 0 bridgehead atoms. The minimum atomic E-state index is -0.917. The lowest BCUT2D eigenvalue weighted by molar-refractivity contribution is -0.144. The molecule has 1 heterocycles. The van der Waals surface area contributed by atoms with Gasteiger partial charge >= 0.3 is 5.97 Å². The molecule has 20 heavy (non-hydrogen) atoms. The van der Waals surface area contributed by atoms with E-state index in [1.807, 2.05) is 18.2 Å². The van der Waals surface area contributed by atoms with E-state index in [1.165, 1.54) is 5.56 Å². The molecular weight excluding hydrogens is 256 g/mol. The lowest BCUT2D eigenvalue weighted by Gasteiger charge is -2.35. The Morgan fingerprint density at radius 2 is 1.70 bits per heavy atom. The van der Waals surface area contributed by atoms with Gasteiger partial charge in [-0.25, -0.2) is 0 Å². The average Bonchev–Trinajstić information content (AvgIpc) is 2.47. The summed E-state index contributed by atoms with van der Waals surface area (Å²) in [6, 6.07) is 10.4. The Hall–Kier alpha value is -1.43. The number of hydrogen-bond donors (Lipinski definition) is 2. The van der Waals surface area contributed by atoms with E-state index in [4.69, 9.17) is 10.2 Å². The second-order valence-electron chi connectivity index (χ2n) is 5.28. The molecule has 5 heteroatoms. The summed E-state index contributed by atoms with van der Waals surface area (Å²) in [5, 5.41) is 18.0. The Morgan fingerprint density at radius 3 is 2.25 bits per heavy atom. The highest BCUT2D eigenvalue weighted by Crippen LogP contribution is 2.10. The van der Waals surface area contributed by atoms with E-state index in [0.29, 0.717) is 6.54 Å². The number of aliphatic hydroxyl groups is 1. The third-order valence-corrected chi connectivity index (χ3v) is 3.76. The van der Waals surface area contributed by atoms with Crippen LogP contribution in [0.15, 0.2) is 30.3 Å². The van der Waals surface area contributed by atoms with Crippen LogP contribution in [0.4, 0.5) is 0 Å². The molecule has 110 valence electrons. The molecule has 1 aromatic rings. The number of rotatable bonds is 6. The number of carbonyl (C=O) groups is 1. The highest BCUT2D eigenvalue weighted by atomic mass is 16.4. The van der Waals surface area contributed by atoms with E-state index in [1.54, 1.807) is 0 Å². The van der Waals surface area contributed by atoms with Crippen molar-refractivity contribution in [3.8, 4) is 0 Å². The summed E-state index contributed by atoms with van der Waals surface area (Å²) < 4.78 is 0. The van der Waals surface area contributed by atoms with Gasteiger partial charge in [-0.05, 0) is 5.56 Å². The fraction of sp³-hybridized carbons (Fsp3) is 0.533. The van der Waals surface area contributed by atoms with Gasteiger partial charge < -0.3 is 10.2 Å². The Balaban J connectivity index is 1.76. The van der Waals surface area contributed by atoms with Crippen LogP contribution >= 0.6 is 0 Å². The van der Waals surface area contributed by atoms with Crippen LogP contribution < -0.4 is 0 Å². The normalized spacial score (nSPS) is 18.9. The molecule has 1 saturated heterocycles. The SMILES string of the molecule is O=C(O)[C@@H](CO)CN1CCN(Cc2ccccc2)CC1. The van der Waals surface area contributed by atoms with Gasteiger partial charge in [0, 0.05) is 39.3 Å². The molecule has 0 aromatic heterocycles. The number of aliphatic carboxylic acids is 1. The summed E-state index contributed by atoms with van der Waals surface area (Å²) in [5.41, 5.74) is 1.31. The van der Waals surface area contributed by atoms with E-state index in [2.05, 4.69) is 21.9 Å². The number of piperazine rings is 1. The van der Waals surface area contributed by atoms with Crippen LogP contribution in [0.5, 0.6) is 0 Å². The zero-order valence-electron chi connectivity index (χ0n) is 11.6. The van der Waals surface area contributed by atoms with Crippen molar-refractivity contribution >= 4 is 5.97 Å². The number of carboxylic acids is 1. The van der Waals surface area contributed by atoms with Crippen molar-refractivity contribution in [3.05, 3.63) is 35.9 Å². The Morgan fingerprint density at radius 1 is 1.10 bits per heavy atom. The maximum atomic E-state index is 10.9. The maximum absolute atomic E-state index is 10.9. The predicted molar refractivity (Wildman–Crippen MR) is 76.4 cm³/mol. The number of benzene rings is 1. The van der Waals surface area contributed by atoms with Crippen molar-refractivity contribution in [2.75, 3.05) is 39.3 Å². The highest BCUT2D eigenvalue weighted by molar-refractivity contribution is 5.70. The van der Waals surface area contributed by atoms with Gasteiger partial charge in [-0.15, -0.1) is 0 Å². The van der Waals surface area contributed by atoms with Crippen molar-refractivity contribution in [2.45, 2.75) is 6.54 Å². The molecule has 0 spiro atoms. The van der Waals surface area contributed by atoms with Gasteiger partial charge in [0.2, 0.25) is 0 Å². The zero-order valence-corrected chi connectivity index (χ0v) is 11.6. The van der Waals surface area contributed by atoms with Crippen molar-refractivity contribution in [1.82, 2.24) is 9.80 Å². The zero-order chi connectivity index (χ0) is 14.4. The third-order valence-electron chi connectivity index (χ3n) is 3.76. The largest absolute Gasteiger partial charge is 0.481 e. The molecule has 0 amide bonds. The summed E-state index contributed by atoms with van der Waals surface area (Å²) in [4.78, 5) is 15.4. The molecule has 1 atom stereocenters. The Kier molecular flexibility index (Phi) is 5.52. The Labute approximate surface area is 119 Å². The van der Waals surface area contributed by atoms with E-state index >= 15 is 0 Å². The number of hydrogen-bond acceptors (Lipinski definition) is 4. The van der Waals surface area contributed by atoms with Crippen LogP contribution in [-0.4, -0.2) is 65.3 Å². The average molecular weight is 278 g/mol. The highest BCUT2D eigenvalue weighted by Gasteiger charge is 2.23. The molecular formula is C15H22N2O3. The second kappa shape index (κ2) is 7.38. The fourth-order valence-corrected chi connectivity index (χ4v) is 2.50. The smallest absolute Gasteiger partial charge is 0.310 e. The lowest BCUT2D eigenvalue weighted by Crippen LogP contribution is -2.48. The van der Waals surface area contributed by atoms with Crippen LogP contribution in [-0.2, 0) is 11.3 Å². The van der Waals surface area contributed by atoms with Crippen molar-refractivity contribution in [2.24, 2.45) is 5.92 Å². The minimum Gasteiger partial charge on any atom is -0.481 e. The van der Waals surface area contributed by atoms with Gasteiger partial charge in [-0.3, -0.25) is 14.6 Å². The van der Waals surface area contributed by atoms with Gasteiger partial charge in [0.15, 0.2) is 0 Å².